The van der Waals surface area contributed by atoms with Crippen LogP contribution in [0.25, 0.3) is 0 Å². The molecule has 0 amide bonds. The smallest absolute Gasteiger partial charge is 0.0695 e. The van der Waals surface area contributed by atoms with E-state index < -0.39 is 0 Å². The number of nitrogens with zero attached hydrogens (tertiary/aromatic N) is 1. The average molecular weight is 213 g/mol. The maximum Gasteiger partial charge on any atom is 0.0695 e. The lowest BCUT2D eigenvalue weighted by Crippen LogP contribution is -2.45. The van der Waals surface area contributed by atoms with Crippen LogP contribution in [0.4, 0.5) is 0 Å². The predicted molar refractivity (Wildman–Crippen MR) is 59.8 cm³/mol. The van der Waals surface area contributed by atoms with Crippen molar-refractivity contribution < 1.29 is 9.84 Å². The van der Waals surface area contributed by atoms with Crippen molar-refractivity contribution in [2.75, 3.05) is 26.8 Å². The number of ether oxygens (including phenoxy) is 1. The molecule has 2 fully saturated rings. The molecule has 0 aromatic rings. The molecule has 1 saturated carbocycles. The Hall–Kier alpha value is -0.120. The van der Waals surface area contributed by atoms with Crippen LogP contribution in [0.1, 0.15) is 32.1 Å². The van der Waals surface area contributed by atoms with Gasteiger partial charge in [0.05, 0.1) is 6.10 Å². The normalized spacial score (nSPS) is 34.8. The van der Waals surface area contributed by atoms with Gasteiger partial charge >= 0.3 is 0 Å². The number of methoxy groups -OCH3 is 1. The third-order valence-electron chi connectivity index (χ3n) is 3.96. The molecule has 1 N–H and O–H groups in total. The van der Waals surface area contributed by atoms with Gasteiger partial charge in [0.2, 0.25) is 0 Å². The van der Waals surface area contributed by atoms with E-state index in [2.05, 4.69) is 4.90 Å². The van der Waals surface area contributed by atoms with Gasteiger partial charge < -0.3 is 9.84 Å². The first-order chi connectivity index (χ1) is 7.31. The number of aliphatic hydroxyl groups excluding tert-OH is 1. The number of hydrogen-bond donors (Lipinski definition) is 1. The molecule has 88 valence electrons. The summed E-state index contributed by atoms with van der Waals surface area (Å²) in [6.45, 7) is 3.20. The van der Waals surface area contributed by atoms with Crippen LogP contribution in [0.5, 0.6) is 0 Å². The Morgan fingerprint density at radius 3 is 2.47 bits per heavy atom. The van der Waals surface area contributed by atoms with E-state index in [1.165, 1.54) is 25.7 Å². The van der Waals surface area contributed by atoms with Crippen LogP contribution in [0, 0.1) is 5.92 Å². The lowest BCUT2D eigenvalue weighted by atomic mass is 9.96. The largest absolute Gasteiger partial charge is 0.391 e. The van der Waals surface area contributed by atoms with Gasteiger partial charge in [-0.3, -0.25) is 4.90 Å². The summed E-state index contributed by atoms with van der Waals surface area (Å²) in [7, 11) is 1.78. The van der Waals surface area contributed by atoms with Gasteiger partial charge in [0.15, 0.2) is 0 Å². The summed E-state index contributed by atoms with van der Waals surface area (Å²) in [5, 5.41) is 9.84. The zero-order valence-corrected chi connectivity index (χ0v) is 9.69. The fraction of sp³-hybridized carbons (Fsp3) is 1.00. The minimum Gasteiger partial charge on any atom is -0.391 e. The summed E-state index contributed by atoms with van der Waals surface area (Å²) < 4.78 is 5.20. The number of aliphatic hydroxyl groups is 1. The zero-order chi connectivity index (χ0) is 10.7. The first-order valence-electron chi connectivity index (χ1n) is 6.22. The Morgan fingerprint density at radius 2 is 1.93 bits per heavy atom. The minimum absolute atomic E-state index is 0.0658. The van der Waals surface area contributed by atoms with E-state index in [0.717, 1.165) is 32.0 Å². The highest BCUT2D eigenvalue weighted by molar-refractivity contribution is 4.87. The molecular formula is C12H23NO2. The van der Waals surface area contributed by atoms with Gasteiger partial charge in [-0.05, 0) is 51.1 Å². The maximum atomic E-state index is 9.84. The highest BCUT2D eigenvalue weighted by Gasteiger charge is 2.32. The van der Waals surface area contributed by atoms with Crippen LogP contribution in [-0.2, 0) is 4.74 Å². The van der Waals surface area contributed by atoms with E-state index in [1.807, 2.05) is 0 Å². The molecule has 0 unspecified atom stereocenters. The topological polar surface area (TPSA) is 32.7 Å². The molecule has 0 radical (unpaired) electrons. The van der Waals surface area contributed by atoms with Gasteiger partial charge in [-0.1, -0.05) is 0 Å². The molecule has 0 aromatic carbocycles. The van der Waals surface area contributed by atoms with Gasteiger partial charge in [-0.2, -0.15) is 0 Å². The fourth-order valence-corrected chi connectivity index (χ4v) is 3.03. The lowest BCUT2D eigenvalue weighted by Gasteiger charge is -2.37. The van der Waals surface area contributed by atoms with Gasteiger partial charge in [0, 0.05) is 19.8 Å². The maximum absolute atomic E-state index is 9.84. The van der Waals surface area contributed by atoms with Crippen LogP contribution >= 0.6 is 0 Å². The summed E-state index contributed by atoms with van der Waals surface area (Å²) >= 11 is 0. The lowest BCUT2D eigenvalue weighted by molar-refractivity contribution is 0.0337. The molecule has 1 heterocycles. The summed E-state index contributed by atoms with van der Waals surface area (Å²) in [6, 6.07) is 0.452. The Kier molecular flexibility index (Phi) is 4.00. The quantitative estimate of drug-likeness (QED) is 0.766. The summed E-state index contributed by atoms with van der Waals surface area (Å²) in [5.41, 5.74) is 0. The van der Waals surface area contributed by atoms with Crippen molar-refractivity contribution in [1.82, 2.24) is 4.90 Å². The van der Waals surface area contributed by atoms with Crippen LogP contribution < -0.4 is 0 Å². The molecule has 3 heteroatoms. The van der Waals surface area contributed by atoms with Crippen molar-refractivity contribution in [1.29, 1.82) is 0 Å². The van der Waals surface area contributed by atoms with Gasteiger partial charge in [-0.15, -0.1) is 0 Å². The second-order valence-corrected chi connectivity index (χ2v) is 5.00. The van der Waals surface area contributed by atoms with Crippen molar-refractivity contribution in [3.8, 4) is 0 Å². The third kappa shape index (κ3) is 2.71. The van der Waals surface area contributed by atoms with Crippen molar-refractivity contribution in [3.63, 3.8) is 0 Å². The second-order valence-electron chi connectivity index (χ2n) is 5.00. The van der Waals surface area contributed by atoms with Crippen LogP contribution in [0.2, 0.25) is 0 Å². The van der Waals surface area contributed by atoms with Gasteiger partial charge in [0.1, 0.15) is 0 Å². The highest BCUT2D eigenvalue weighted by Crippen LogP contribution is 2.28. The molecule has 15 heavy (non-hydrogen) atoms. The van der Waals surface area contributed by atoms with E-state index in [0.29, 0.717) is 6.04 Å². The van der Waals surface area contributed by atoms with Crippen molar-refractivity contribution in [3.05, 3.63) is 0 Å². The van der Waals surface area contributed by atoms with Crippen molar-refractivity contribution in [2.45, 2.75) is 44.2 Å². The molecule has 1 aliphatic carbocycles. The Labute approximate surface area is 92.4 Å². The first-order valence-corrected chi connectivity index (χ1v) is 6.22. The minimum atomic E-state index is -0.0658. The fourth-order valence-electron chi connectivity index (χ4n) is 3.03. The van der Waals surface area contributed by atoms with Crippen LogP contribution in [0.15, 0.2) is 0 Å². The summed E-state index contributed by atoms with van der Waals surface area (Å²) in [6.07, 6.45) is 5.79. The van der Waals surface area contributed by atoms with Crippen molar-refractivity contribution >= 4 is 0 Å². The van der Waals surface area contributed by atoms with Crippen molar-refractivity contribution in [2.24, 2.45) is 5.92 Å². The van der Waals surface area contributed by atoms with E-state index in [4.69, 9.17) is 4.74 Å². The third-order valence-corrected chi connectivity index (χ3v) is 3.96. The monoisotopic (exact) mass is 213 g/mol. The van der Waals surface area contributed by atoms with Crippen LogP contribution in [0.3, 0.4) is 0 Å². The Morgan fingerprint density at radius 1 is 1.20 bits per heavy atom. The number of likely N-dealkylation sites (tertiary alicyclic amines) is 1. The predicted octanol–water partition coefficient (Wildman–Crippen LogP) is 1.26. The molecule has 0 bridgehead atoms. The van der Waals surface area contributed by atoms with Gasteiger partial charge in [0.25, 0.3) is 0 Å². The molecule has 1 saturated heterocycles. The first kappa shape index (κ1) is 11.4. The van der Waals surface area contributed by atoms with E-state index in [9.17, 15) is 5.11 Å². The number of rotatable bonds is 3. The molecule has 2 atom stereocenters. The van der Waals surface area contributed by atoms with Gasteiger partial charge in [-0.25, -0.2) is 0 Å². The molecular weight excluding hydrogens is 190 g/mol. The standard InChI is InChI=1S/C12H23NO2/c1-15-9-10-5-7-13(8-6-10)11-3-2-4-12(11)14/h10-12,14H,2-9H2,1H3/t11-,12-/m0/s1. The zero-order valence-electron chi connectivity index (χ0n) is 9.69. The Balaban J connectivity index is 1.77. The SMILES string of the molecule is COCC1CCN([C@H]2CCC[C@@H]2O)CC1. The number of piperidine rings is 1. The molecule has 0 spiro atoms. The summed E-state index contributed by atoms with van der Waals surface area (Å²) in [5.74, 6) is 0.741. The molecule has 2 aliphatic rings. The summed E-state index contributed by atoms with van der Waals surface area (Å²) in [4.78, 5) is 2.49. The molecule has 3 nitrogen and oxygen atoms in total. The van der Waals surface area contributed by atoms with Crippen LogP contribution in [-0.4, -0.2) is 49.0 Å². The second kappa shape index (κ2) is 5.28. The van der Waals surface area contributed by atoms with E-state index in [-0.39, 0.29) is 6.10 Å². The Bertz CT molecular complexity index is 190. The molecule has 2 rings (SSSR count). The average Bonchev–Trinajstić information content (AvgIpc) is 2.66. The molecule has 1 aliphatic heterocycles. The number of hydrogen-bond acceptors (Lipinski definition) is 3. The van der Waals surface area contributed by atoms with E-state index >= 15 is 0 Å². The molecule has 0 aromatic heterocycles. The van der Waals surface area contributed by atoms with E-state index in [1.54, 1.807) is 7.11 Å². The highest BCUT2D eigenvalue weighted by atomic mass is 16.5.